The summed E-state index contributed by atoms with van der Waals surface area (Å²) in [6.07, 6.45) is -1.19. The van der Waals surface area contributed by atoms with Crippen LogP contribution in [0.15, 0.2) is 55.3 Å². The number of likely N-dealkylation sites (N-methyl/N-ethyl adjacent to an activating group) is 1. The molecule has 1 aliphatic heterocycles. The molecule has 12 heteroatoms. The minimum absolute atomic E-state index is 0.00278. The van der Waals surface area contributed by atoms with E-state index in [0.717, 1.165) is 37.6 Å². The number of piperazine rings is 1. The lowest BCUT2D eigenvalue weighted by atomic mass is 10.1. The minimum atomic E-state index is -4.38. The van der Waals surface area contributed by atoms with E-state index in [0.29, 0.717) is 12.0 Å². The molecule has 3 N–H and O–H groups in total. The van der Waals surface area contributed by atoms with Crippen molar-refractivity contribution in [3.63, 3.8) is 0 Å². The number of pyridine rings is 1. The van der Waals surface area contributed by atoms with Crippen LogP contribution >= 0.6 is 0 Å². The summed E-state index contributed by atoms with van der Waals surface area (Å²) >= 11 is 0. The smallest absolute Gasteiger partial charge is 0.369 e. The number of alkyl halides is 3. The van der Waals surface area contributed by atoms with Gasteiger partial charge < -0.3 is 25.8 Å². The Bertz CT molecular complexity index is 1370. The number of nitrogens with zero attached hydrogens (tertiary/aromatic N) is 5. The summed E-state index contributed by atoms with van der Waals surface area (Å²) in [5.41, 5.74) is 2.56. The fourth-order valence-corrected chi connectivity index (χ4v) is 4.88. The molecule has 5 rings (SSSR count). The molecule has 0 spiro atoms. The molecular weight excluding hydrogens is 521 g/mol. The first-order chi connectivity index (χ1) is 19.2. The van der Waals surface area contributed by atoms with Gasteiger partial charge in [0.25, 0.3) is 5.91 Å². The number of carbonyl (C=O) groups excluding carboxylic acids is 1. The highest BCUT2D eigenvalue weighted by Gasteiger charge is 2.45. The van der Waals surface area contributed by atoms with Crippen LogP contribution in [-0.4, -0.2) is 71.7 Å². The monoisotopic (exact) mass is 552 g/mol. The second kappa shape index (κ2) is 11.5. The lowest BCUT2D eigenvalue weighted by Gasteiger charge is -2.34. The fourth-order valence-electron chi connectivity index (χ4n) is 4.88. The van der Waals surface area contributed by atoms with Crippen molar-refractivity contribution in [2.45, 2.75) is 24.9 Å². The number of hydrogen-bond acceptors (Lipinski definition) is 8. The quantitative estimate of drug-likeness (QED) is 0.349. The van der Waals surface area contributed by atoms with Crippen LogP contribution in [0.2, 0.25) is 0 Å². The Kier molecular flexibility index (Phi) is 7.88. The number of benzene rings is 1. The number of fused-ring (bicyclic) bond motifs is 1. The molecule has 9 nitrogen and oxygen atoms in total. The van der Waals surface area contributed by atoms with Gasteiger partial charge in [-0.2, -0.15) is 18.2 Å². The van der Waals surface area contributed by atoms with Gasteiger partial charge in [-0.1, -0.05) is 12.1 Å². The van der Waals surface area contributed by atoms with Gasteiger partial charge in [-0.15, -0.1) is 6.58 Å². The van der Waals surface area contributed by atoms with Crippen LogP contribution in [0.3, 0.4) is 0 Å². The first kappa shape index (κ1) is 27.4. The summed E-state index contributed by atoms with van der Waals surface area (Å²) in [5.74, 6) is -1.59. The normalized spacial score (nSPS) is 17.3. The van der Waals surface area contributed by atoms with Crippen molar-refractivity contribution in [1.29, 1.82) is 0 Å². The molecule has 2 aromatic heterocycles. The first-order valence-electron chi connectivity index (χ1n) is 13.1. The molecule has 1 saturated heterocycles. The molecule has 1 aromatic carbocycles. The number of amides is 1. The van der Waals surface area contributed by atoms with Crippen LogP contribution in [0.25, 0.3) is 0 Å². The molecule has 0 radical (unpaired) electrons. The zero-order valence-corrected chi connectivity index (χ0v) is 22.1. The zero-order chi connectivity index (χ0) is 28.3. The molecule has 210 valence electrons. The number of rotatable bonds is 8. The minimum Gasteiger partial charge on any atom is -0.369 e. The van der Waals surface area contributed by atoms with Crippen LogP contribution < -0.4 is 20.9 Å². The largest absolute Gasteiger partial charge is 0.397 e. The van der Waals surface area contributed by atoms with E-state index in [9.17, 15) is 18.0 Å². The summed E-state index contributed by atoms with van der Waals surface area (Å²) in [4.78, 5) is 30.4. The van der Waals surface area contributed by atoms with E-state index in [1.165, 1.54) is 12.3 Å². The molecule has 1 atom stereocenters. The maximum atomic E-state index is 13.5. The molecule has 1 fully saturated rings. The first-order valence-corrected chi connectivity index (χ1v) is 13.1. The molecule has 2 aliphatic rings. The van der Waals surface area contributed by atoms with Gasteiger partial charge in [-0.05, 0) is 55.8 Å². The molecule has 1 amide bonds. The molecule has 3 aromatic rings. The number of anilines is 5. The fraction of sp³-hybridized carbons (Fsp3) is 0.357. The van der Waals surface area contributed by atoms with E-state index in [-0.39, 0.29) is 41.8 Å². The SMILES string of the molecule is C=CCNC(=O)c1cnc(Nc2ccc(N3CCN(C)CC3)cc2)nc1Nc1ccc2c(n1)C(C(F)(F)F)CC2. The lowest BCUT2D eigenvalue weighted by Crippen LogP contribution is -2.44. The number of aromatic nitrogens is 3. The molecular formula is C28H31F3N8O. The van der Waals surface area contributed by atoms with Crippen molar-refractivity contribution in [1.82, 2.24) is 25.2 Å². The molecule has 0 saturated carbocycles. The van der Waals surface area contributed by atoms with Gasteiger partial charge in [0, 0.05) is 50.3 Å². The van der Waals surface area contributed by atoms with Crippen molar-refractivity contribution in [2.75, 3.05) is 55.3 Å². The Labute approximate surface area is 230 Å². The third kappa shape index (κ3) is 6.17. The van der Waals surface area contributed by atoms with E-state index in [1.807, 2.05) is 24.3 Å². The van der Waals surface area contributed by atoms with Crippen molar-refractivity contribution in [3.8, 4) is 0 Å². The summed E-state index contributed by atoms with van der Waals surface area (Å²) in [6, 6.07) is 11.1. The third-order valence-corrected chi connectivity index (χ3v) is 7.12. The maximum absolute atomic E-state index is 13.5. The Morgan fingerprint density at radius 2 is 1.82 bits per heavy atom. The predicted octanol–water partition coefficient (Wildman–Crippen LogP) is 4.62. The van der Waals surface area contributed by atoms with E-state index in [1.54, 1.807) is 12.1 Å². The maximum Gasteiger partial charge on any atom is 0.397 e. The lowest BCUT2D eigenvalue weighted by molar-refractivity contribution is -0.150. The second-order valence-electron chi connectivity index (χ2n) is 9.92. The average molecular weight is 553 g/mol. The Hall–Kier alpha value is -4.19. The highest BCUT2D eigenvalue weighted by molar-refractivity contribution is 5.99. The summed E-state index contributed by atoms with van der Waals surface area (Å²) in [6.45, 7) is 7.75. The summed E-state index contributed by atoms with van der Waals surface area (Å²) < 4.78 is 40.6. The van der Waals surface area contributed by atoms with Crippen LogP contribution in [0.4, 0.5) is 42.1 Å². The zero-order valence-electron chi connectivity index (χ0n) is 22.1. The number of nitrogens with one attached hydrogen (secondary N) is 3. The molecule has 1 unspecified atom stereocenters. The Balaban J connectivity index is 1.38. The number of carbonyl (C=O) groups is 1. The van der Waals surface area contributed by atoms with Gasteiger partial charge in [-0.3, -0.25) is 4.79 Å². The van der Waals surface area contributed by atoms with Gasteiger partial charge in [0.1, 0.15) is 17.2 Å². The average Bonchev–Trinajstić information content (AvgIpc) is 3.37. The Morgan fingerprint density at radius 3 is 2.52 bits per heavy atom. The van der Waals surface area contributed by atoms with Gasteiger partial charge in [0.2, 0.25) is 5.95 Å². The van der Waals surface area contributed by atoms with E-state index < -0.39 is 18.0 Å². The molecule has 3 heterocycles. The van der Waals surface area contributed by atoms with Crippen molar-refractivity contribution >= 4 is 34.9 Å². The molecule has 1 aliphatic carbocycles. The number of halogens is 3. The van der Waals surface area contributed by atoms with E-state index in [2.05, 4.69) is 54.3 Å². The summed E-state index contributed by atoms with van der Waals surface area (Å²) in [5, 5.41) is 8.76. The highest BCUT2D eigenvalue weighted by Crippen LogP contribution is 2.43. The van der Waals surface area contributed by atoms with Gasteiger partial charge in [0.05, 0.1) is 11.6 Å². The summed E-state index contributed by atoms with van der Waals surface area (Å²) in [7, 11) is 2.11. The predicted molar refractivity (Wildman–Crippen MR) is 149 cm³/mol. The standard InChI is InChI=1S/C28H31F3N8O/c1-3-12-32-26(40)21-17-33-27(34-19-6-8-20(9-7-19)39-15-13-38(2)14-16-39)37-25(21)36-23-11-5-18-4-10-22(24(18)35-23)28(29,30)31/h3,5-9,11,17,22H,1,4,10,12-16H2,2H3,(H,32,40)(H2,33,34,35,36,37). The van der Waals surface area contributed by atoms with Crippen LogP contribution in [0.1, 0.15) is 34.0 Å². The number of hydrogen-bond donors (Lipinski definition) is 3. The number of aryl methyl sites for hydroxylation is 1. The van der Waals surface area contributed by atoms with E-state index >= 15 is 0 Å². The topological polar surface area (TPSA) is 98.3 Å². The van der Waals surface area contributed by atoms with Gasteiger partial charge >= 0.3 is 6.18 Å². The van der Waals surface area contributed by atoms with Gasteiger partial charge in [-0.25, -0.2) is 9.97 Å². The van der Waals surface area contributed by atoms with Crippen LogP contribution in [0.5, 0.6) is 0 Å². The Morgan fingerprint density at radius 1 is 1.07 bits per heavy atom. The van der Waals surface area contributed by atoms with Crippen molar-refractivity contribution in [3.05, 3.63) is 72.1 Å². The van der Waals surface area contributed by atoms with Crippen LogP contribution in [0, 0.1) is 0 Å². The third-order valence-electron chi connectivity index (χ3n) is 7.12. The van der Waals surface area contributed by atoms with E-state index in [4.69, 9.17) is 0 Å². The molecule has 40 heavy (non-hydrogen) atoms. The highest BCUT2D eigenvalue weighted by atomic mass is 19.4. The van der Waals surface area contributed by atoms with Crippen LogP contribution in [-0.2, 0) is 6.42 Å². The van der Waals surface area contributed by atoms with Crippen molar-refractivity contribution < 1.29 is 18.0 Å². The second-order valence-corrected chi connectivity index (χ2v) is 9.92. The van der Waals surface area contributed by atoms with Crippen molar-refractivity contribution in [2.24, 2.45) is 0 Å². The molecule has 0 bridgehead atoms. The van der Waals surface area contributed by atoms with Gasteiger partial charge in [0.15, 0.2) is 0 Å².